The lowest BCUT2D eigenvalue weighted by molar-refractivity contribution is -0.142. The van der Waals surface area contributed by atoms with Crippen LogP contribution in [0.4, 0.5) is 13.2 Å². The Kier molecular flexibility index (Phi) is 5.06. The third-order valence-corrected chi connectivity index (χ3v) is 4.97. The first-order chi connectivity index (χ1) is 14.3. The van der Waals surface area contributed by atoms with Crippen molar-refractivity contribution in [3.05, 3.63) is 59.2 Å². The Balaban J connectivity index is 1.67. The summed E-state index contributed by atoms with van der Waals surface area (Å²) in [7, 11) is 1.27. The minimum Gasteiger partial charge on any atom is -0.465 e. The number of hydrogen-bond donors (Lipinski definition) is 1. The molecule has 2 aromatic heterocycles. The van der Waals surface area contributed by atoms with Crippen LogP contribution in [0.15, 0.2) is 36.7 Å². The van der Waals surface area contributed by atoms with Crippen molar-refractivity contribution in [1.29, 1.82) is 0 Å². The van der Waals surface area contributed by atoms with Crippen molar-refractivity contribution in [3.8, 4) is 5.69 Å². The zero-order valence-corrected chi connectivity index (χ0v) is 15.9. The summed E-state index contributed by atoms with van der Waals surface area (Å²) in [5.74, 6) is -0.928. The third-order valence-electron chi connectivity index (χ3n) is 4.97. The molecule has 30 heavy (non-hydrogen) atoms. The molecule has 2 unspecified atom stereocenters. The number of ether oxygens (including phenoxy) is 1. The average molecular weight is 421 g/mol. The van der Waals surface area contributed by atoms with Crippen LogP contribution in [0.3, 0.4) is 0 Å². The maximum absolute atomic E-state index is 12.6. The highest BCUT2D eigenvalue weighted by Crippen LogP contribution is 2.55. The molecule has 1 fully saturated rings. The number of rotatable bonds is 6. The van der Waals surface area contributed by atoms with E-state index in [2.05, 4.69) is 15.4 Å². The van der Waals surface area contributed by atoms with Gasteiger partial charge in [-0.3, -0.25) is 0 Å². The molecule has 0 bridgehead atoms. The number of hydrogen-bond acceptors (Lipinski definition) is 6. The highest BCUT2D eigenvalue weighted by molar-refractivity contribution is 5.91. The van der Waals surface area contributed by atoms with E-state index in [1.54, 1.807) is 28.9 Å². The molecule has 1 aliphatic carbocycles. The average Bonchev–Trinajstić information content (AvgIpc) is 3.15. The number of aromatic nitrogens is 5. The van der Waals surface area contributed by atoms with E-state index in [0.717, 1.165) is 4.68 Å². The molecule has 11 heteroatoms. The summed E-state index contributed by atoms with van der Waals surface area (Å²) in [5.41, 5.74) is 2.63. The second-order valence-electron chi connectivity index (χ2n) is 7.08. The van der Waals surface area contributed by atoms with Crippen LogP contribution in [0.5, 0.6) is 0 Å². The van der Waals surface area contributed by atoms with Crippen molar-refractivity contribution < 1.29 is 27.8 Å². The second kappa shape index (κ2) is 7.56. The molecular weight excluding hydrogens is 403 g/mol. The van der Waals surface area contributed by atoms with Gasteiger partial charge in [0.1, 0.15) is 12.1 Å². The van der Waals surface area contributed by atoms with Crippen LogP contribution in [0.2, 0.25) is 0 Å². The van der Waals surface area contributed by atoms with Gasteiger partial charge in [0, 0.05) is 18.0 Å². The van der Waals surface area contributed by atoms with Crippen molar-refractivity contribution in [2.24, 2.45) is 0 Å². The summed E-state index contributed by atoms with van der Waals surface area (Å²) in [6, 6.07) is 7.05. The van der Waals surface area contributed by atoms with Gasteiger partial charge in [0.25, 0.3) is 0 Å². The second-order valence-corrected chi connectivity index (χ2v) is 7.08. The van der Waals surface area contributed by atoms with E-state index < -0.39 is 18.7 Å². The molecule has 2 atom stereocenters. The number of halogens is 3. The molecular formula is C19H18F3N5O3. The first-order valence-electron chi connectivity index (χ1n) is 9.14. The third kappa shape index (κ3) is 3.92. The van der Waals surface area contributed by atoms with Gasteiger partial charge >= 0.3 is 12.1 Å². The molecule has 8 nitrogen and oxygen atoms in total. The van der Waals surface area contributed by atoms with Crippen molar-refractivity contribution in [2.75, 3.05) is 7.11 Å². The van der Waals surface area contributed by atoms with Crippen molar-refractivity contribution in [1.82, 2.24) is 24.8 Å². The van der Waals surface area contributed by atoms with E-state index >= 15 is 0 Å². The van der Waals surface area contributed by atoms with Gasteiger partial charge in [-0.15, -0.1) is 5.10 Å². The zero-order valence-electron chi connectivity index (χ0n) is 15.9. The summed E-state index contributed by atoms with van der Waals surface area (Å²) in [6.07, 6.45) is -1.12. The number of aliphatic hydroxyl groups excluding tert-OH is 1. The van der Waals surface area contributed by atoms with Gasteiger partial charge in [-0.1, -0.05) is 17.3 Å². The Morgan fingerprint density at radius 1 is 1.33 bits per heavy atom. The molecule has 0 aliphatic heterocycles. The Morgan fingerprint density at radius 2 is 2.13 bits per heavy atom. The fourth-order valence-corrected chi connectivity index (χ4v) is 3.54. The van der Waals surface area contributed by atoms with Crippen LogP contribution in [0, 0.1) is 0 Å². The maximum atomic E-state index is 12.6. The number of carbonyl (C=O) groups excluding carboxylic acids is 1. The standard InChI is InChI=1S/C19H18F3N5O3/c1-30-18(29)15-7-23-27(12-4-2-3-11(5-12)9-28)17(15)14-6-13(14)16-8-26(25-24-16)10-19(20,21)22/h2-5,7-8,13-14,28H,6,9-10H2,1H3. The number of methoxy groups -OCH3 is 1. The van der Waals surface area contributed by atoms with Gasteiger partial charge in [-0.2, -0.15) is 18.3 Å². The molecule has 158 valence electrons. The molecule has 1 aromatic carbocycles. The lowest BCUT2D eigenvalue weighted by atomic mass is 10.1. The van der Waals surface area contributed by atoms with Crippen molar-refractivity contribution >= 4 is 5.97 Å². The van der Waals surface area contributed by atoms with E-state index in [1.165, 1.54) is 19.5 Å². The molecule has 1 N–H and O–H groups in total. The van der Waals surface area contributed by atoms with Gasteiger partial charge in [-0.05, 0) is 24.1 Å². The monoisotopic (exact) mass is 421 g/mol. The predicted octanol–water partition coefficient (Wildman–Crippen LogP) is 2.58. The fraction of sp³-hybridized carbons (Fsp3) is 0.368. The molecule has 4 rings (SSSR count). The SMILES string of the molecule is COC(=O)c1cnn(-c2cccc(CO)c2)c1C1CC1c1cn(CC(F)(F)F)nn1. The first-order valence-corrected chi connectivity index (χ1v) is 9.14. The quantitative estimate of drug-likeness (QED) is 0.615. The topological polar surface area (TPSA) is 95.1 Å². The summed E-state index contributed by atoms with van der Waals surface area (Å²) in [4.78, 5) is 12.3. The van der Waals surface area contributed by atoms with E-state index in [-0.39, 0.29) is 24.0 Å². The molecule has 0 saturated heterocycles. The Labute approximate surface area is 168 Å². The van der Waals surface area contributed by atoms with E-state index in [4.69, 9.17) is 4.74 Å². The van der Waals surface area contributed by atoms with Crippen LogP contribution in [0.25, 0.3) is 5.69 Å². The van der Waals surface area contributed by atoms with Gasteiger partial charge in [-0.25, -0.2) is 14.2 Å². The number of nitrogens with zero attached hydrogens (tertiary/aromatic N) is 5. The number of esters is 1. The Bertz CT molecular complexity index is 1080. The largest absolute Gasteiger partial charge is 0.465 e. The molecule has 0 amide bonds. The zero-order chi connectivity index (χ0) is 21.5. The smallest absolute Gasteiger partial charge is 0.408 e. The Hall–Kier alpha value is -3.21. The minimum absolute atomic E-state index is 0.150. The van der Waals surface area contributed by atoms with Gasteiger partial charge in [0.15, 0.2) is 0 Å². The van der Waals surface area contributed by atoms with Crippen LogP contribution in [0.1, 0.15) is 45.6 Å². The van der Waals surface area contributed by atoms with Gasteiger partial charge < -0.3 is 9.84 Å². The summed E-state index contributed by atoms with van der Waals surface area (Å²) >= 11 is 0. The molecule has 0 radical (unpaired) electrons. The minimum atomic E-state index is -4.39. The molecule has 1 saturated carbocycles. The summed E-state index contributed by atoms with van der Waals surface area (Å²) < 4.78 is 45.0. The normalized spacial score (nSPS) is 18.4. The molecule has 3 aromatic rings. The van der Waals surface area contributed by atoms with Crippen LogP contribution >= 0.6 is 0 Å². The van der Waals surface area contributed by atoms with Gasteiger partial charge in [0.2, 0.25) is 0 Å². The molecule has 1 aliphatic rings. The van der Waals surface area contributed by atoms with Crippen molar-refractivity contribution in [3.63, 3.8) is 0 Å². The van der Waals surface area contributed by atoms with E-state index in [0.29, 0.717) is 29.1 Å². The summed E-state index contributed by atoms with van der Waals surface area (Å²) in [5, 5.41) is 21.2. The lowest BCUT2D eigenvalue weighted by Gasteiger charge is -2.10. The summed E-state index contributed by atoms with van der Waals surface area (Å²) in [6.45, 7) is -1.36. The van der Waals surface area contributed by atoms with Gasteiger partial charge in [0.05, 0.1) is 37.0 Å². The van der Waals surface area contributed by atoms with Crippen LogP contribution in [-0.2, 0) is 17.9 Å². The molecule has 0 spiro atoms. The van der Waals surface area contributed by atoms with E-state index in [1.807, 2.05) is 0 Å². The van der Waals surface area contributed by atoms with Crippen molar-refractivity contribution in [2.45, 2.75) is 37.6 Å². The molecule has 2 heterocycles. The number of benzene rings is 1. The van der Waals surface area contributed by atoms with Crippen LogP contribution in [-0.4, -0.2) is 49.1 Å². The lowest BCUT2D eigenvalue weighted by Crippen LogP contribution is -2.18. The number of alkyl halides is 3. The van der Waals surface area contributed by atoms with Crippen LogP contribution < -0.4 is 0 Å². The fourth-order valence-electron chi connectivity index (χ4n) is 3.54. The van der Waals surface area contributed by atoms with E-state index in [9.17, 15) is 23.1 Å². The highest BCUT2D eigenvalue weighted by atomic mass is 19.4. The highest BCUT2D eigenvalue weighted by Gasteiger charge is 2.46. The maximum Gasteiger partial charge on any atom is 0.408 e. The predicted molar refractivity (Wildman–Crippen MR) is 97.0 cm³/mol. The number of carbonyl (C=O) groups is 1. The Morgan fingerprint density at radius 3 is 2.83 bits per heavy atom. The number of aliphatic hydroxyl groups is 1. The first kappa shape index (κ1) is 20.1.